The van der Waals surface area contributed by atoms with Gasteiger partial charge >= 0.3 is 6.18 Å². The molecule has 0 aliphatic carbocycles. The molecule has 27 heavy (non-hydrogen) atoms. The van der Waals surface area contributed by atoms with E-state index in [-0.39, 0.29) is 0 Å². The summed E-state index contributed by atoms with van der Waals surface area (Å²) in [7, 11) is 0. The summed E-state index contributed by atoms with van der Waals surface area (Å²) in [5.74, 6) is 1.20. The maximum atomic E-state index is 12.7. The molecule has 0 unspecified atom stereocenters. The van der Waals surface area contributed by atoms with Crippen LogP contribution in [0.3, 0.4) is 0 Å². The lowest BCUT2D eigenvalue weighted by atomic mass is 10.1. The van der Waals surface area contributed by atoms with Crippen LogP contribution in [0.5, 0.6) is 0 Å². The van der Waals surface area contributed by atoms with Crippen LogP contribution in [0, 0.1) is 6.92 Å². The molecule has 140 valence electrons. The Morgan fingerprint density at radius 2 is 1.96 bits per heavy atom. The second-order valence-electron chi connectivity index (χ2n) is 6.63. The highest BCUT2D eigenvalue weighted by molar-refractivity contribution is 5.56. The molecule has 0 saturated carbocycles. The molecule has 4 rings (SSSR count). The maximum Gasteiger partial charge on any atom is 0.416 e. The summed E-state index contributed by atoms with van der Waals surface area (Å²) < 4.78 is 43.3. The molecule has 0 saturated heterocycles. The number of hydrogen-bond acceptors (Lipinski definition) is 5. The Morgan fingerprint density at radius 1 is 1.19 bits per heavy atom. The number of aryl methyl sites for hydroxylation is 1. The predicted octanol–water partition coefficient (Wildman–Crippen LogP) is 4.02. The SMILES string of the molecule is Cc1cc(CN2CCc3cnc(-c4ccc(C(F)(F)F)cc4)nc3C2)no1. The van der Waals surface area contributed by atoms with Crippen molar-refractivity contribution in [3.05, 3.63) is 64.8 Å². The highest BCUT2D eigenvalue weighted by atomic mass is 19.4. The first-order chi connectivity index (χ1) is 12.9. The van der Waals surface area contributed by atoms with Gasteiger partial charge in [0, 0.05) is 37.5 Å². The minimum atomic E-state index is -4.35. The number of nitrogens with zero attached hydrogens (tertiary/aromatic N) is 4. The fourth-order valence-electron chi connectivity index (χ4n) is 3.16. The van der Waals surface area contributed by atoms with E-state index in [1.54, 1.807) is 6.20 Å². The summed E-state index contributed by atoms with van der Waals surface area (Å²) in [6.45, 7) is 4.02. The lowest BCUT2D eigenvalue weighted by molar-refractivity contribution is -0.137. The minimum Gasteiger partial charge on any atom is -0.361 e. The number of halogens is 3. The number of alkyl halides is 3. The van der Waals surface area contributed by atoms with Crippen molar-refractivity contribution >= 4 is 0 Å². The number of benzene rings is 1. The molecular weight excluding hydrogens is 357 g/mol. The molecule has 0 amide bonds. The number of rotatable bonds is 3. The Labute approximate surface area is 153 Å². The van der Waals surface area contributed by atoms with E-state index in [4.69, 9.17) is 4.52 Å². The van der Waals surface area contributed by atoms with Gasteiger partial charge in [0.25, 0.3) is 0 Å². The monoisotopic (exact) mass is 374 g/mol. The third-order valence-electron chi connectivity index (χ3n) is 4.56. The Kier molecular flexibility index (Phi) is 4.43. The van der Waals surface area contributed by atoms with E-state index in [9.17, 15) is 13.2 Å². The number of aromatic nitrogens is 3. The van der Waals surface area contributed by atoms with Gasteiger partial charge in [-0.05, 0) is 31.0 Å². The zero-order chi connectivity index (χ0) is 19.0. The molecule has 3 aromatic rings. The molecule has 5 nitrogen and oxygen atoms in total. The summed E-state index contributed by atoms with van der Waals surface area (Å²) in [6.07, 6.45) is -1.76. The molecule has 8 heteroatoms. The van der Waals surface area contributed by atoms with E-state index in [1.807, 2.05) is 13.0 Å². The van der Waals surface area contributed by atoms with Crippen molar-refractivity contribution in [1.82, 2.24) is 20.0 Å². The fourth-order valence-corrected chi connectivity index (χ4v) is 3.16. The summed E-state index contributed by atoms with van der Waals surface area (Å²) >= 11 is 0. The van der Waals surface area contributed by atoms with E-state index >= 15 is 0 Å². The topological polar surface area (TPSA) is 55.1 Å². The Morgan fingerprint density at radius 3 is 2.63 bits per heavy atom. The van der Waals surface area contributed by atoms with Crippen LogP contribution in [0.2, 0.25) is 0 Å². The Hall–Kier alpha value is -2.74. The zero-order valence-corrected chi connectivity index (χ0v) is 14.6. The lowest BCUT2D eigenvalue weighted by Gasteiger charge is -2.27. The molecule has 0 radical (unpaired) electrons. The summed E-state index contributed by atoms with van der Waals surface area (Å²) in [4.78, 5) is 11.1. The zero-order valence-electron chi connectivity index (χ0n) is 14.6. The second kappa shape index (κ2) is 6.77. The van der Waals surface area contributed by atoms with Gasteiger partial charge in [0.1, 0.15) is 5.76 Å². The average Bonchev–Trinajstić information content (AvgIpc) is 3.05. The molecule has 3 heterocycles. The minimum absolute atomic E-state index is 0.432. The number of fused-ring (bicyclic) bond motifs is 1. The normalized spacial score (nSPS) is 15.0. The first kappa shape index (κ1) is 17.7. The second-order valence-corrected chi connectivity index (χ2v) is 6.63. The maximum absolute atomic E-state index is 12.7. The van der Waals surface area contributed by atoms with Crippen LogP contribution in [0.1, 0.15) is 28.3 Å². The van der Waals surface area contributed by atoms with Crippen LogP contribution in [0.4, 0.5) is 13.2 Å². The average molecular weight is 374 g/mol. The van der Waals surface area contributed by atoms with Crippen molar-refractivity contribution in [3.63, 3.8) is 0 Å². The highest BCUT2D eigenvalue weighted by Crippen LogP contribution is 2.30. The van der Waals surface area contributed by atoms with E-state index in [0.29, 0.717) is 24.5 Å². The molecule has 0 spiro atoms. The molecule has 2 aromatic heterocycles. The molecule has 0 bridgehead atoms. The highest BCUT2D eigenvalue weighted by Gasteiger charge is 2.30. The molecule has 0 atom stereocenters. The van der Waals surface area contributed by atoms with Crippen molar-refractivity contribution in [3.8, 4) is 11.4 Å². The van der Waals surface area contributed by atoms with Crippen molar-refractivity contribution < 1.29 is 17.7 Å². The summed E-state index contributed by atoms with van der Waals surface area (Å²) in [5, 5.41) is 4.02. The van der Waals surface area contributed by atoms with Gasteiger partial charge in [0.2, 0.25) is 0 Å². The Bertz CT molecular complexity index is 950. The molecular formula is C19H17F3N4O. The third kappa shape index (κ3) is 3.85. The van der Waals surface area contributed by atoms with Crippen molar-refractivity contribution in [2.24, 2.45) is 0 Å². The molecule has 1 aromatic carbocycles. The van der Waals surface area contributed by atoms with E-state index in [2.05, 4.69) is 20.0 Å². The van der Waals surface area contributed by atoms with Gasteiger partial charge in [0.05, 0.1) is 17.0 Å². The van der Waals surface area contributed by atoms with Crippen molar-refractivity contribution in [1.29, 1.82) is 0 Å². The van der Waals surface area contributed by atoms with Gasteiger partial charge in [0.15, 0.2) is 5.82 Å². The lowest BCUT2D eigenvalue weighted by Crippen LogP contribution is -2.31. The van der Waals surface area contributed by atoms with Crippen LogP contribution in [0.25, 0.3) is 11.4 Å². The van der Waals surface area contributed by atoms with Crippen LogP contribution in [0.15, 0.2) is 41.1 Å². The first-order valence-electron chi connectivity index (χ1n) is 8.55. The largest absolute Gasteiger partial charge is 0.416 e. The van der Waals surface area contributed by atoms with Gasteiger partial charge in [-0.15, -0.1) is 0 Å². The van der Waals surface area contributed by atoms with Crippen LogP contribution < -0.4 is 0 Å². The summed E-state index contributed by atoms with van der Waals surface area (Å²) in [6, 6.07) is 6.82. The molecule has 0 N–H and O–H groups in total. The smallest absolute Gasteiger partial charge is 0.361 e. The quantitative estimate of drug-likeness (QED) is 0.693. The number of hydrogen-bond donors (Lipinski definition) is 0. The molecule has 0 fully saturated rings. The third-order valence-corrected chi connectivity index (χ3v) is 4.56. The van der Waals surface area contributed by atoms with Gasteiger partial charge in [-0.1, -0.05) is 17.3 Å². The molecule has 1 aliphatic rings. The van der Waals surface area contributed by atoms with Gasteiger partial charge in [-0.3, -0.25) is 4.90 Å². The van der Waals surface area contributed by atoms with Gasteiger partial charge in [-0.25, -0.2) is 9.97 Å². The van der Waals surface area contributed by atoms with Gasteiger partial charge < -0.3 is 4.52 Å². The van der Waals surface area contributed by atoms with Crippen LogP contribution in [-0.4, -0.2) is 26.6 Å². The standard InChI is InChI=1S/C19H17F3N4O/c1-12-8-16(25-27-12)10-26-7-6-14-9-23-18(24-17(14)11-26)13-2-4-15(5-3-13)19(20,21)22/h2-5,8-9H,6-7,10-11H2,1H3. The van der Waals surface area contributed by atoms with E-state index < -0.39 is 11.7 Å². The van der Waals surface area contributed by atoms with Crippen LogP contribution >= 0.6 is 0 Å². The van der Waals surface area contributed by atoms with Crippen molar-refractivity contribution in [2.45, 2.75) is 32.6 Å². The first-order valence-corrected chi connectivity index (χ1v) is 8.55. The van der Waals surface area contributed by atoms with Crippen molar-refractivity contribution in [2.75, 3.05) is 6.54 Å². The molecule has 1 aliphatic heterocycles. The summed E-state index contributed by atoms with van der Waals surface area (Å²) in [5.41, 5.74) is 2.71. The van der Waals surface area contributed by atoms with E-state index in [1.165, 1.54) is 12.1 Å². The Balaban J connectivity index is 1.54. The van der Waals surface area contributed by atoms with E-state index in [0.717, 1.165) is 47.8 Å². The van der Waals surface area contributed by atoms with Gasteiger partial charge in [-0.2, -0.15) is 13.2 Å². The fraction of sp³-hybridized carbons (Fsp3) is 0.316. The van der Waals surface area contributed by atoms with Crippen LogP contribution in [-0.2, 0) is 25.7 Å². The predicted molar refractivity (Wildman–Crippen MR) is 91.5 cm³/mol.